The van der Waals surface area contributed by atoms with Gasteiger partial charge < -0.3 is 5.01 Å². The van der Waals surface area contributed by atoms with Crippen LogP contribution in [0, 0.1) is 0 Å². The fourth-order valence-electron chi connectivity index (χ4n) is 3.40. The Hall–Kier alpha value is -1.92. The van der Waals surface area contributed by atoms with Crippen molar-refractivity contribution in [3.05, 3.63) is 42.2 Å². The highest BCUT2D eigenvalue weighted by Crippen LogP contribution is 2.32. The molecule has 1 aromatic carbocycles. The molecule has 140 valence electrons. The molecule has 0 saturated heterocycles. The molecule has 26 heavy (non-hydrogen) atoms. The number of nitrogens with zero attached hydrogens (tertiary/aromatic N) is 3. The third-order valence-corrected chi connectivity index (χ3v) is 5.98. The van der Waals surface area contributed by atoms with Gasteiger partial charge in [-0.15, -0.1) is 0 Å². The van der Waals surface area contributed by atoms with E-state index >= 15 is 0 Å². The van der Waals surface area contributed by atoms with Crippen LogP contribution in [0.25, 0.3) is 11.1 Å². The molecule has 0 atom stereocenters. The number of sulfone groups is 1. The van der Waals surface area contributed by atoms with Gasteiger partial charge in [-0.1, -0.05) is 19.4 Å². The Morgan fingerprint density at radius 3 is 2.73 bits per heavy atom. The van der Waals surface area contributed by atoms with Crippen LogP contribution in [0.5, 0.6) is 0 Å². The van der Waals surface area contributed by atoms with Crippen LogP contribution in [0.3, 0.4) is 0 Å². The zero-order valence-corrected chi connectivity index (χ0v) is 16.6. The predicted octanol–water partition coefficient (Wildman–Crippen LogP) is 3.55. The summed E-state index contributed by atoms with van der Waals surface area (Å²) in [6.45, 7) is 4.30. The van der Waals surface area contributed by atoms with E-state index in [9.17, 15) is 8.42 Å². The molecule has 0 saturated carbocycles. The van der Waals surface area contributed by atoms with E-state index in [2.05, 4.69) is 47.2 Å². The van der Waals surface area contributed by atoms with Gasteiger partial charge in [0.15, 0.2) is 9.84 Å². The summed E-state index contributed by atoms with van der Waals surface area (Å²) in [6, 6.07) is 8.10. The highest BCUT2D eigenvalue weighted by molar-refractivity contribution is 7.90. The van der Waals surface area contributed by atoms with Gasteiger partial charge in [0, 0.05) is 44.4 Å². The number of hydrogen-bond acceptors (Lipinski definition) is 5. The summed E-state index contributed by atoms with van der Waals surface area (Å²) >= 11 is 0. The number of hydrogen-bond donors (Lipinski definition) is 0. The van der Waals surface area contributed by atoms with Crippen LogP contribution < -0.4 is 5.01 Å². The molecule has 1 aromatic heterocycles. The Balaban J connectivity index is 1.92. The number of aromatic nitrogens is 1. The minimum atomic E-state index is -3.26. The van der Waals surface area contributed by atoms with Crippen LogP contribution in [0.15, 0.2) is 41.6 Å². The van der Waals surface area contributed by atoms with Gasteiger partial charge in [-0.25, -0.2) is 13.4 Å². The smallest absolute Gasteiger partial charge is 0.177 e. The molecule has 1 aliphatic heterocycles. The SMILES string of the molecule is CCCCN(C)N1CCCc2cc(-c3cncc(S(C)(=O)=O)c3)ccc21. The largest absolute Gasteiger partial charge is 0.306 e. The molecule has 5 nitrogen and oxygen atoms in total. The highest BCUT2D eigenvalue weighted by atomic mass is 32.2. The van der Waals surface area contributed by atoms with Crippen LogP contribution in [0.2, 0.25) is 0 Å². The van der Waals surface area contributed by atoms with Crippen molar-refractivity contribution in [3.8, 4) is 11.1 Å². The quantitative estimate of drug-likeness (QED) is 0.775. The first-order valence-corrected chi connectivity index (χ1v) is 11.1. The second-order valence-corrected chi connectivity index (χ2v) is 9.00. The Labute approximate surface area is 156 Å². The maximum absolute atomic E-state index is 11.8. The van der Waals surface area contributed by atoms with E-state index in [1.807, 2.05) is 0 Å². The van der Waals surface area contributed by atoms with E-state index in [4.69, 9.17) is 0 Å². The average molecular weight is 374 g/mol. The maximum Gasteiger partial charge on any atom is 0.177 e. The third kappa shape index (κ3) is 4.07. The molecule has 3 rings (SSSR count). The van der Waals surface area contributed by atoms with Gasteiger partial charge in [0.05, 0.1) is 10.6 Å². The number of fused-ring (bicyclic) bond motifs is 1. The molecular formula is C20H27N3O2S. The minimum Gasteiger partial charge on any atom is -0.306 e. The Morgan fingerprint density at radius 2 is 2.00 bits per heavy atom. The zero-order valence-electron chi connectivity index (χ0n) is 15.8. The molecule has 0 N–H and O–H groups in total. The number of anilines is 1. The molecule has 1 aliphatic rings. The Morgan fingerprint density at radius 1 is 1.19 bits per heavy atom. The van der Waals surface area contributed by atoms with Gasteiger partial charge in [-0.3, -0.25) is 4.98 Å². The van der Waals surface area contributed by atoms with Gasteiger partial charge in [0.1, 0.15) is 0 Å². The highest BCUT2D eigenvalue weighted by Gasteiger charge is 2.20. The molecule has 6 heteroatoms. The minimum absolute atomic E-state index is 0.258. The van der Waals surface area contributed by atoms with Crippen LogP contribution in [-0.4, -0.2) is 44.8 Å². The predicted molar refractivity (Wildman–Crippen MR) is 106 cm³/mol. The molecule has 0 spiro atoms. The molecule has 0 amide bonds. The van der Waals surface area contributed by atoms with Gasteiger partial charge in [0.2, 0.25) is 0 Å². The zero-order chi connectivity index (χ0) is 18.7. The summed E-state index contributed by atoms with van der Waals surface area (Å²) in [6.07, 6.45) is 8.88. The van der Waals surface area contributed by atoms with E-state index in [1.165, 1.54) is 36.5 Å². The number of benzene rings is 1. The lowest BCUT2D eigenvalue weighted by atomic mass is 9.97. The van der Waals surface area contributed by atoms with Crippen molar-refractivity contribution in [2.24, 2.45) is 0 Å². The third-order valence-electron chi connectivity index (χ3n) is 4.90. The molecule has 2 aromatic rings. The standard InChI is InChI=1S/C20H27N3O2S/c1-4-5-10-22(2)23-11-6-7-17-12-16(8-9-20(17)23)18-13-19(15-21-14-18)26(3,24)25/h8-9,12-15H,4-7,10-11H2,1-3H3. The van der Waals surface area contributed by atoms with Gasteiger partial charge in [-0.2, -0.15) is 0 Å². The Kier molecular flexibility index (Phi) is 5.63. The van der Waals surface area contributed by atoms with Gasteiger partial charge >= 0.3 is 0 Å². The van der Waals surface area contributed by atoms with Crippen LogP contribution in [0.1, 0.15) is 31.7 Å². The molecule has 2 heterocycles. The first kappa shape index (κ1) is 18.9. The number of hydrazine groups is 1. The van der Waals surface area contributed by atoms with Gasteiger partial charge in [-0.05, 0) is 48.6 Å². The van der Waals surface area contributed by atoms with Gasteiger partial charge in [0.25, 0.3) is 0 Å². The second-order valence-electron chi connectivity index (χ2n) is 6.99. The lowest BCUT2D eigenvalue weighted by Crippen LogP contribution is -2.43. The summed E-state index contributed by atoms with van der Waals surface area (Å²) in [4.78, 5) is 4.38. The van der Waals surface area contributed by atoms with Crippen molar-refractivity contribution in [1.82, 2.24) is 9.99 Å². The lowest BCUT2D eigenvalue weighted by molar-refractivity contribution is 0.291. The fraction of sp³-hybridized carbons (Fsp3) is 0.450. The van der Waals surface area contributed by atoms with E-state index in [0.717, 1.165) is 37.1 Å². The normalized spacial score (nSPS) is 14.5. The lowest BCUT2D eigenvalue weighted by Gasteiger charge is -2.38. The monoisotopic (exact) mass is 373 g/mol. The number of unbranched alkanes of at least 4 members (excludes halogenated alkanes) is 1. The van der Waals surface area contributed by atoms with Crippen LogP contribution >= 0.6 is 0 Å². The van der Waals surface area contributed by atoms with Crippen LogP contribution in [-0.2, 0) is 16.3 Å². The van der Waals surface area contributed by atoms with Crippen molar-refractivity contribution in [2.75, 3.05) is 31.4 Å². The molecule has 0 fully saturated rings. The summed E-state index contributed by atoms with van der Waals surface area (Å²) in [5.41, 5.74) is 4.42. The number of pyridine rings is 1. The van der Waals surface area contributed by atoms with Crippen molar-refractivity contribution in [2.45, 2.75) is 37.5 Å². The van der Waals surface area contributed by atoms with E-state index in [1.54, 1.807) is 12.3 Å². The number of aryl methyl sites for hydroxylation is 1. The van der Waals surface area contributed by atoms with E-state index < -0.39 is 9.84 Å². The molecule has 0 unspecified atom stereocenters. The van der Waals surface area contributed by atoms with E-state index in [-0.39, 0.29) is 4.90 Å². The first-order valence-electron chi connectivity index (χ1n) is 9.17. The van der Waals surface area contributed by atoms with Crippen molar-refractivity contribution in [1.29, 1.82) is 0 Å². The van der Waals surface area contributed by atoms with Crippen molar-refractivity contribution < 1.29 is 8.42 Å². The van der Waals surface area contributed by atoms with Crippen LogP contribution in [0.4, 0.5) is 5.69 Å². The Bertz CT molecular complexity index is 880. The summed E-state index contributed by atoms with van der Waals surface area (Å²) in [7, 11) is -1.11. The summed E-state index contributed by atoms with van der Waals surface area (Å²) < 4.78 is 23.6. The maximum atomic E-state index is 11.8. The second kappa shape index (κ2) is 7.76. The van der Waals surface area contributed by atoms with Crippen molar-refractivity contribution >= 4 is 15.5 Å². The molecule has 0 aliphatic carbocycles. The summed E-state index contributed by atoms with van der Waals surface area (Å²) in [5, 5.41) is 4.68. The fourth-order valence-corrected chi connectivity index (χ4v) is 3.99. The molecular weight excluding hydrogens is 346 g/mol. The number of rotatable bonds is 6. The molecule has 0 radical (unpaired) electrons. The average Bonchev–Trinajstić information content (AvgIpc) is 2.64. The summed E-state index contributed by atoms with van der Waals surface area (Å²) in [5.74, 6) is 0. The first-order chi connectivity index (χ1) is 12.4. The molecule has 0 bridgehead atoms. The topological polar surface area (TPSA) is 53.5 Å². The van der Waals surface area contributed by atoms with E-state index in [0.29, 0.717) is 0 Å². The van der Waals surface area contributed by atoms with Crippen molar-refractivity contribution in [3.63, 3.8) is 0 Å².